The maximum atomic E-state index is 10.6. The third-order valence-electron chi connectivity index (χ3n) is 3.09. The molecule has 0 aliphatic carbocycles. The summed E-state index contributed by atoms with van der Waals surface area (Å²) in [4.78, 5) is 10.6. The summed E-state index contributed by atoms with van der Waals surface area (Å²) >= 11 is 0. The molecule has 0 saturated heterocycles. The monoisotopic (exact) mass is 294 g/mol. The van der Waals surface area contributed by atoms with Crippen LogP contribution in [0.1, 0.15) is 78.1 Å². The van der Waals surface area contributed by atoms with Gasteiger partial charge in [0.05, 0.1) is 0 Å². The molecule has 0 aromatic heterocycles. The topological polar surface area (TPSA) is 46.5 Å². The standard InChI is InChI=1S/C18H30O3/c1-3-4-5-6-7-8-9-10-11-12-13-14-15-16-18(20)21-17(2)19/h4-5,18,20H,3,8-16H2,1-2H3/b5-4-. The first kappa shape index (κ1) is 19.7. The molecule has 0 aliphatic heterocycles. The molecule has 0 spiro atoms. The number of hydrogen-bond acceptors (Lipinski definition) is 3. The minimum atomic E-state index is -0.928. The van der Waals surface area contributed by atoms with Gasteiger partial charge in [-0.2, -0.15) is 0 Å². The smallest absolute Gasteiger partial charge is 0.304 e. The average molecular weight is 294 g/mol. The summed E-state index contributed by atoms with van der Waals surface area (Å²) < 4.78 is 4.66. The Morgan fingerprint density at radius 3 is 2.38 bits per heavy atom. The molecule has 0 aliphatic rings. The molecule has 0 amide bonds. The number of unbranched alkanes of at least 4 members (excludes halogenated alkanes) is 7. The van der Waals surface area contributed by atoms with Gasteiger partial charge in [0.1, 0.15) is 0 Å². The van der Waals surface area contributed by atoms with Gasteiger partial charge < -0.3 is 9.84 Å². The summed E-state index contributed by atoms with van der Waals surface area (Å²) in [5.74, 6) is 5.77. The zero-order valence-corrected chi connectivity index (χ0v) is 13.6. The first-order valence-electron chi connectivity index (χ1n) is 8.15. The highest BCUT2D eigenvalue weighted by Crippen LogP contribution is 2.11. The lowest BCUT2D eigenvalue weighted by Crippen LogP contribution is -2.14. The van der Waals surface area contributed by atoms with Crippen LogP contribution in [0.25, 0.3) is 0 Å². The van der Waals surface area contributed by atoms with Crippen LogP contribution in [0.4, 0.5) is 0 Å². The molecule has 0 aromatic carbocycles. The maximum absolute atomic E-state index is 10.6. The van der Waals surface area contributed by atoms with Crippen molar-refractivity contribution >= 4 is 5.97 Å². The van der Waals surface area contributed by atoms with E-state index in [1.54, 1.807) is 0 Å². The van der Waals surface area contributed by atoms with E-state index in [2.05, 4.69) is 29.6 Å². The first-order valence-corrected chi connectivity index (χ1v) is 8.15. The molecule has 120 valence electrons. The number of aliphatic hydroxyl groups is 1. The van der Waals surface area contributed by atoms with Crippen LogP contribution in [0.5, 0.6) is 0 Å². The van der Waals surface area contributed by atoms with Gasteiger partial charge in [0, 0.05) is 19.8 Å². The third kappa shape index (κ3) is 16.7. The fraction of sp³-hybridized carbons (Fsp3) is 0.722. The Labute approximate surface area is 129 Å². The Kier molecular flexibility index (Phi) is 14.2. The molecule has 0 fully saturated rings. The Hall–Kier alpha value is -1.27. The molecule has 21 heavy (non-hydrogen) atoms. The molecule has 0 aromatic rings. The van der Waals surface area contributed by atoms with Crippen LogP contribution in [0.3, 0.4) is 0 Å². The van der Waals surface area contributed by atoms with E-state index in [0.717, 1.165) is 25.7 Å². The lowest BCUT2D eigenvalue weighted by atomic mass is 10.1. The summed E-state index contributed by atoms with van der Waals surface area (Å²) in [6.45, 7) is 3.42. The Morgan fingerprint density at radius 1 is 1.14 bits per heavy atom. The van der Waals surface area contributed by atoms with Crippen molar-refractivity contribution in [2.24, 2.45) is 0 Å². The quantitative estimate of drug-likeness (QED) is 0.267. The van der Waals surface area contributed by atoms with E-state index in [0.29, 0.717) is 6.42 Å². The second-order valence-electron chi connectivity index (χ2n) is 5.21. The molecule has 3 nitrogen and oxygen atoms in total. The number of carbonyl (C=O) groups is 1. The van der Waals surface area contributed by atoms with Crippen LogP contribution in [-0.2, 0) is 9.53 Å². The van der Waals surface area contributed by atoms with Crippen LogP contribution < -0.4 is 0 Å². The molecule has 1 unspecified atom stereocenters. The van der Waals surface area contributed by atoms with Crippen molar-refractivity contribution in [3.63, 3.8) is 0 Å². The van der Waals surface area contributed by atoms with E-state index in [-0.39, 0.29) is 0 Å². The SMILES string of the molecule is CC/C=C\C#CCCCCCCCCCC(O)OC(C)=O. The number of carbonyl (C=O) groups excluding carboxylic acids is 1. The van der Waals surface area contributed by atoms with Crippen molar-refractivity contribution in [2.45, 2.75) is 84.3 Å². The number of ether oxygens (including phenoxy) is 1. The van der Waals surface area contributed by atoms with E-state index < -0.39 is 12.3 Å². The highest BCUT2D eigenvalue weighted by Gasteiger charge is 2.05. The van der Waals surface area contributed by atoms with Gasteiger partial charge >= 0.3 is 5.97 Å². The van der Waals surface area contributed by atoms with Gasteiger partial charge in [-0.3, -0.25) is 4.79 Å². The molecule has 0 radical (unpaired) electrons. The van der Waals surface area contributed by atoms with E-state index in [1.165, 1.54) is 39.0 Å². The molecule has 0 bridgehead atoms. The van der Waals surface area contributed by atoms with Crippen LogP contribution >= 0.6 is 0 Å². The van der Waals surface area contributed by atoms with Gasteiger partial charge in [-0.15, -0.1) is 0 Å². The zero-order valence-electron chi connectivity index (χ0n) is 13.6. The van der Waals surface area contributed by atoms with Crippen LogP contribution in [0, 0.1) is 11.8 Å². The van der Waals surface area contributed by atoms with E-state index in [4.69, 9.17) is 0 Å². The minimum absolute atomic E-state index is 0.421. The van der Waals surface area contributed by atoms with Gasteiger partial charge in [-0.05, 0) is 25.3 Å². The summed E-state index contributed by atoms with van der Waals surface area (Å²) in [7, 11) is 0. The van der Waals surface area contributed by atoms with E-state index >= 15 is 0 Å². The lowest BCUT2D eigenvalue weighted by Gasteiger charge is -2.09. The second kappa shape index (κ2) is 15.1. The zero-order chi connectivity index (χ0) is 15.8. The van der Waals surface area contributed by atoms with Crippen molar-refractivity contribution in [3.05, 3.63) is 12.2 Å². The van der Waals surface area contributed by atoms with Gasteiger partial charge in [-0.1, -0.05) is 56.9 Å². The third-order valence-corrected chi connectivity index (χ3v) is 3.09. The summed E-state index contributed by atoms with van der Waals surface area (Å²) in [6.07, 6.45) is 13.7. The fourth-order valence-electron chi connectivity index (χ4n) is 1.97. The molecule has 1 N–H and O–H groups in total. The highest BCUT2D eigenvalue weighted by molar-refractivity contribution is 5.65. The number of esters is 1. The maximum Gasteiger partial charge on any atom is 0.304 e. The predicted molar refractivity (Wildman–Crippen MR) is 86.5 cm³/mol. The van der Waals surface area contributed by atoms with Gasteiger partial charge in [0.15, 0.2) is 0 Å². The summed E-state index contributed by atoms with van der Waals surface area (Å²) in [6, 6.07) is 0. The predicted octanol–water partition coefficient (Wildman–Crippen LogP) is 4.35. The molecule has 0 rings (SSSR count). The molecule has 0 saturated carbocycles. The van der Waals surface area contributed by atoms with Crippen molar-refractivity contribution < 1.29 is 14.6 Å². The van der Waals surface area contributed by atoms with Crippen molar-refractivity contribution in [1.29, 1.82) is 0 Å². The minimum Gasteiger partial charge on any atom is -0.436 e. The van der Waals surface area contributed by atoms with Crippen molar-refractivity contribution in [1.82, 2.24) is 0 Å². The molecular weight excluding hydrogens is 264 g/mol. The second-order valence-corrected chi connectivity index (χ2v) is 5.21. The highest BCUT2D eigenvalue weighted by atomic mass is 16.6. The van der Waals surface area contributed by atoms with Crippen molar-refractivity contribution in [2.75, 3.05) is 0 Å². The number of rotatable bonds is 11. The van der Waals surface area contributed by atoms with Gasteiger partial charge in [-0.25, -0.2) is 0 Å². The fourth-order valence-corrected chi connectivity index (χ4v) is 1.97. The largest absolute Gasteiger partial charge is 0.436 e. The Bertz CT molecular complexity index is 336. The molecule has 1 atom stereocenters. The Balaban J connectivity index is 3.23. The number of aliphatic hydroxyl groups excluding tert-OH is 1. The van der Waals surface area contributed by atoms with Crippen molar-refractivity contribution in [3.8, 4) is 11.8 Å². The van der Waals surface area contributed by atoms with E-state index in [9.17, 15) is 9.90 Å². The van der Waals surface area contributed by atoms with E-state index in [1.807, 2.05) is 6.08 Å². The summed E-state index contributed by atoms with van der Waals surface area (Å²) in [5.41, 5.74) is 0. The van der Waals surface area contributed by atoms with Gasteiger partial charge in [0.25, 0.3) is 0 Å². The molecular formula is C18H30O3. The van der Waals surface area contributed by atoms with Crippen LogP contribution in [0.15, 0.2) is 12.2 Å². The average Bonchev–Trinajstić information content (AvgIpc) is 2.43. The summed E-state index contributed by atoms with van der Waals surface area (Å²) in [5, 5.41) is 9.34. The number of hydrogen-bond donors (Lipinski definition) is 1. The molecule has 0 heterocycles. The molecule has 3 heteroatoms. The Morgan fingerprint density at radius 2 is 1.76 bits per heavy atom. The van der Waals surface area contributed by atoms with Crippen LogP contribution in [-0.4, -0.2) is 17.4 Å². The van der Waals surface area contributed by atoms with Crippen LogP contribution in [0.2, 0.25) is 0 Å². The first-order chi connectivity index (χ1) is 10.2. The lowest BCUT2D eigenvalue weighted by molar-refractivity contribution is -0.165. The normalized spacial score (nSPS) is 12.0. The number of allylic oxidation sites excluding steroid dienone is 2. The van der Waals surface area contributed by atoms with Gasteiger partial charge in [0.2, 0.25) is 6.29 Å².